The number of hydrogen-bond acceptors (Lipinski definition) is 3. The van der Waals surface area contributed by atoms with E-state index in [1.54, 1.807) is 0 Å². The average molecular weight is 302 g/mol. The number of benzene rings is 2. The minimum atomic E-state index is -4.07. The van der Waals surface area contributed by atoms with E-state index in [-0.39, 0.29) is 10.6 Å². The summed E-state index contributed by atoms with van der Waals surface area (Å²) in [6.45, 7) is 0. The molecule has 0 saturated carbocycles. The van der Waals surface area contributed by atoms with Gasteiger partial charge < -0.3 is 5.73 Å². The molecule has 0 aliphatic carbocycles. The highest BCUT2D eigenvalue weighted by Crippen LogP contribution is 2.21. The van der Waals surface area contributed by atoms with Crippen molar-refractivity contribution in [2.24, 2.45) is 0 Å². The second-order valence-electron chi connectivity index (χ2n) is 3.93. The molecule has 0 aliphatic rings. The molecular weight excluding hydrogens is 293 g/mol. The lowest BCUT2D eigenvalue weighted by Crippen LogP contribution is -2.14. The lowest BCUT2D eigenvalue weighted by Gasteiger charge is -2.09. The van der Waals surface area contributed by atoms with Gasteiger partial charge in [0.25, 0.3) is 10.0 Å². The first-order valence-electron chi connectivity index (χ1n) is 5.32. The van der Waals surface area contributed by atoms with E-state index in [1.807, 2.05) is 4.72 Å². The van der Waals surface area contributed by atoms with E-state index in [2.05, 4.69) is 0 Å². The molecule has 2 rings (SSSR count). The minimum Gasteiger partial charge on any atom is -0.399 e. The van der Waals surface area contributed by atoms with Gasteiger partial charge in [-0.05, 0) is 18.2 Å². The molecule has 0 atom stereocenters. The van der Waals surface area contributed by atoms with Crippen molar-refractivity contribution in [1.82, 2.24) is 0 Å². The Kier molecular flexibility index (Phi) is 3.58. The summed E-state index contributed by atoms with van der Waals surface area (Å²) < 4.78 is 64.7. The van der Waals surface area contributed by atoms with E-state index in [1.165, 1.54) is 24.3 Å². The van der Waals surface area contributed by atoms with Gasteiger partial charge in [-0.15, -0.1) is 0 Å². The fraction of sp³-hybridized carbons (Fsp3) is 0. The quantitative estimate of drug-likeness (QED) is 0.676. The first-order valence-corrected chi connectivity index (χ1v) is 6.81. The molecule has 0 unspecified atom stereocenters. The molecule has 0 heterocycles. The Morgan fingerprint density at radius 1 is 1.00 bits per heavy atom. The molecule has 106 valence electrons. The van der Waals surface area contributed by atoms with Gasteiger partial charge in [0.1, 0.15) is 0 Å². The summed E-state index contributed by atoms with van der Waals surface area (Å²) in [5.74, 6) is -4.65. The highest BCUT2D eigenvalue weighted by atomic mass is 32.2. The third-order valence-electron chi connectivity index (χ3n) is 2.40. The number of sulfonamides is 1. The van der Waals surface area contributed by atoms with E-state index in [0.29, 0.717) is 12.1 Å². The van der Waals surface area contributed by atoms with Crippen molar-refractivity contribution in [3.05, 3.63) is 53.8 Å². The molecule has 0 radical (unpaired) electrons. The lowest BCUT2D eigenvalue weighted by molar-refractivity contribution is 0.448. The average Bonchev–Trinajstić information content (AvgIpc) is 2.35. The molecule has 0 saturated heterocycles. The molecule has 0 aromatic heterocycles. The summed E-state index contributed by atoms with van der Waals surface area (Å²) in [5, 5.41) is 0. The molecule has 0 fully saturated rings. The number of rotatable bonds is 3. The number of halogens is 3. The summed E-state index contributed by atoms with van der Waals surface area (Å²) in [4.78, 5) is -0.178. The van der Waals surface area contributed by atoms with Gasteiger partial charge in [-0.25, -0.2) is 21.6 Å². The van der Waals surface area contributed by atoms with Gasteiger partial charge in [0.2, 0.25) is 0 Å². The van der Waals surface area contributed by atoms with Gasteiger partial charge in [0.15, 0.2) is 17.5 Å². The first-order chi connectivity index (χ1) is 9.29. The van der Waals surface area contributed by atoms with Crippen LogP contribution in [0.4, 0.5) is 24.5 Å². The van der Waals surface area contributed by atoms with Crippen LogP contribution in [0.25, 0.3) is 0 Å². The van der Waals surface area contributed by atoms with Crippen LogP contribution in [-0.4, -0.2) is 8.42 Å². The maximum absolute atomic E-state index is 13.0. The van der Waals surface area contributed by atoms with Gasteiger partial charge in [-0.3, -0.25) is 4.72 Å². The number of anilines is 2. The van der Waals surface area contributed by atoms with Crippen LogP contribution in [0.3, 0.4) is 0 Å². The van der Waals surface area contributed by atoms with Crippen molar-refractivity contribution in [3.8, 4) is 0 Å². The van der Waals surface area contributed by atoms with Crippen molar-refractivity contribution in [2.75, 3.05) is 10.5 Å². The topological polar surface area (TPSA) is 72.2 Å². The fourth-order valence-electron chi connectivity index (χ4n) is 1.51. The van der Waals surface area contributed by atoms with Crippen molar-refractivity contribution in [1.29, 1.82) is 0 Å². The Hall–Kier alpha value is -2.22. The van der Waals surface area contributed by atoms with E-state index in [4.69, 9.17) is 5.73 Å². The van der Waals surface area contributed by atoms with Gasteiger partial charge >= 0.3 is 0 Å². The maximum atomic E-state index is 13.0. The monoisotopic (exact) mass is 302 g/mol. The van der Waals surface area contributed by atoms with Crippen LogP contribution in [0, 0.1) is 17.5 Å². The van der Waals surface area contributed by atoms with Crippen LogP contribution in [-0.2, 0) is 10.0 Å². The van der Waals surface area contributed by atoms with E-state index < -0.39 is 33.2 Å². The molecule has 0 amide bonds. The largest absolute Gasteiger partial charge is 0.399 e. The Labute approximate surface area is 113 Å². The van der Waals surface area contributed by atoms with E-state index >= 15 is 0 Å². The van der Waals surface area contributed by atoms with Crippen LogP contribution in [0.15, 0.2) is 41.3 Å². The molecule has 4 nitrogen and oxygen atoms in total. The second kappa shape index (κ2) is 5.04. The highest BCUT2D eigenvalue weighted by molar-refractivity contribution is 7.92. The third-order valence-corrected chi connectivity index (χ3v) is 3.78. The highest BCUT2D eigenvalue weighted by Gasteiger charge is 2.17. The zero-order valence-corrected chi connectivity index (χ0v) is 10.7. The molecule has 0 spiro atoms. The molecule has 2 aromatic carbocycles. The standard InChI is InChI=1S/C12H9F3N2O2S/c13-10-5-8(6-11(14)12(10)15)17-20(18,19)9-3-1-2-7(16)4-9/h1-6,17H,16H2. The molecule has 3 N–H and O–H groups in total. The van der Waals surface area contributed by atoms with Crippen molar-refractivity contribution >= 4 is 21.4 Å². The summed E-state index contributed by atoms with van der Waals surface area (Å²) in [7, 11) is -4.07. The number of nitrogens with two attached hydrogens (primary N) is 1. The minimum absolute atomic E-state index is 0.178. The summed E-state index contributed by atoms with van der Waals surface area (Å²) in [6, 6.07) is 6.42. The first kappa shape index (κ1) is 14.2. The van der Waals surface area contributed by atoms with Gasteiger partial charge in [-0.1, -0.05) is 6.07 Å². The zero-order valence-electron chi connectivity index (χ0n) is 9.90. The molecule has 2 aromatic rings. The second-order valence-corrected chi connectivity index (χ2v) is 5.61. The zero-order chi connectivity index (χ0) is 14.9. The van der Waals surface area contributed by atoms with E-state index in [9.17, 15) is 21.6 Å². The smallest absolute Gasteiger partial charge is 0.261 e. The van der Waals surface area contributed by atoms with Crippen molar-refractivity contribution < 1.29 is 21.6 Å². The van der Waals surface area contributed by atoms with Crippen LogP contribution >= 0.6 is 0 Å². The van der Waals surface area contributed by atoms with E-state index in [0.717, 1.165) is 0 Å². The Morgan fingerprint density at radius 2 is 1.60 bits per heavy atom. The SMILES string of the molecule is Nc1cccc(S(=O)(=O)Nc2cc(F)c(F)c(F)c2)c1. The van der Waals surface area contributed by atoms with Crippen molar-refractivity contribution in [3.63, 3.8) is 0 Å². The summed E-state index contributed by atoms with van der Waals surface area (Å²) >= 11 is 0. The number of nitrogens with one attached hydrogen (secondary N) is 1. The van der Waals surface area contributed by atoms with Crippen LogP contribution in [0.1, 0.15) is 0 Å². The van der Waals surface area contributed by atoms with Crippen LogP contribution < -0.4 is 10.5 Å². The number of hydrogen-bond donors (Lipinski definition) is 2. The third kappa shape index (κ3) is 2.85. The van der Waals surface area contributed by atoms with Crippen LogP contribution in [0.2, 0.25) is 0 Å². The Morgan fingerprint density at radius 3 is 2.15 bits per heavy atom. The molecule has 0 bridgehead atoms. The maximum Gasteiger partial charge on any atom is 0.261 e. The van der Waals surface area contributed by atoms with Gasteiger partial charge in [0.05, 0.1) is 10.6 Å². The molecular formula is C12H9F3N2O2S. The number of nitrogen functional groups attached to an aromatic ring is 1. The summed E-state index contributed by atoms with van der Waals surface area (Å²) in [5.41, 5.74) is 5.24. The lowest BCUT2D eigenvalue weighted by atomic mass is 10.3. The normalized spacial score (nSPS) is 11.3. The van der Waals surface area contributed by atoms with Gasteiger partial charge in [0, 0.05) is 17.8 Å². The Balaban J connectivity index is 2.38. The van der Waals surface area contributed by atoms with Crippen molar-refractivity contribution in [2.45, 2.75) is 4.90 Å². The summed E-state index contributed by atoms with van der Waals surface area (Å²) in [6.07, 6.45) is 0. The molecule has 20 heavy (non-hydrogen) atoms. The van der Waals surface area contributed by atoms with Crippen LogP contribution in [0.5, 0.6) is 0 Å². The predicted molar refractivity (Wildman–Crippen MR) is 68.0 cm³/mol. The predicted octanol–water partition coefficient (Wildman–Crippen LogP) is 2.49. The van der Waals surface area contributed by atoms with Gasteiger partial charge in [-0.2, -0.15) is 0 Å². The molecule has 0 aliphatic heterocycles. The fourth-order valence-corrected chi connectivity index (χ4v) is 2.61. The molecule has 8 heteroatoms. The Bertz CT molecular complexity index is 740.